The fraction of sp³-hybridized carbons (Fsp3) is 0.615. The van der Waals surface area contributed by atoms with Gasteiger partial charge < -0.3 is 14.7 Å². The predicted octanol–water partition coefficient (Wildman–Crippen LogP) is -1.28. The molecule has 2 aliphatic heterocycles. The smallest absolute Gasteiger partial charge is 0.330 e. The standard InChI is InChI=1S/C13H17N3O5/c1-4-13-8(17)7(15(3)11(13)19)10(21-13)16-5-6(2)9(18)14-12(16)20/h5,7-8,10,17H,4H2,1-3H3,(H,14,18,20)/t7-,8?,10+,13+/m0/s1. The number of hydrogen-bond donors (Lipinski definition) is 2. The maximum absolute atomic E-state index is 12.2. The van der Waals surface area contributed by atoms with Crippen molar-refractivity contribution < 1.29 is 14.6 Å². The fourth-order valence-corrected chi connectivity index (χ4v) is 3.24. The number of hydrogen-bond acceptors (Lipinski definition) is 5. The van der Waals surface area contributed by atoms with Gasteiger partial charge in [0.15, 0.2) is 11.8 Å². The number of aliphatic hydroxyl groups excluding tert-OH is 1. The van der Waals surface area contributed by atoms with Gasteiger partial charge in [0.05, 0.1) is 0 Å². The summed E-state index contributed by atoms with van der Waals surface area (Å²) in [5, 5.41) is 10.4. The summed E-state index contributed by atoms with van der Waals surface area (Å²) >= 11 is 0. The number of nitrogens with zero attached hydrogens (tertiary/aromatic N) is 2. The van der Waals surface area contributed by atoms with Gasteiger partial charge in [0.1, 0.15) is 12.1 Å². The van der Waals surface area contributed by atoms with E-state index in [0.717, 1.165) is 0 Å². The summed E-state index contributed by atoms with van der Waals surface area (Å²) in [7, 11) is 1.58. The lowest BCUT2D eigenvalue weighted by Gasteiger charge is -2.34. The molecule has 0 aliphatic carbocycles. The lowest BCUT2D eigenvalue weighted by atomic mass is 9.96. The van der Waals surface area contributed by atoms with Crippen LogP contribution >= 0.6 is 0 Å². The zero-order chi connectivity index (χ0) is 15.5. The molecule has 3 heterocycles. The van der Waals surface area contributed by atoms with Gasteiger partial charge in [-0.1, -0.05) is 6.92 Å². The first kappa shape index (κ1) is 14.0. The Bertz CT molecular complexity index is 723. The molecule has 1 aromatic rings. The van der Waals surface area contributed by atoms with Crippen LogP contribution < -0.4 is 11.2 Å². The van der Waals surface area contributed by atoms with E-state index in [1.165, 1.54) is 15.7 Å². The number of H-pyrrole nitrogens is 1. The third-order valence-corrected chi connectivity index (χ3v) is 4.50. The van der Waals surface area contributed by atoms with Gasteiger partial charge in [-0.05, 0) is 13.3 Å². The second kappa shape index (κ2) is 4.28. The maximum atomic E-state index is 12.2. The predicted molar refractivity (Wildman–Crippen MR) is 71.8 cm³/mol. The second-order valence-corrected chi connectivity index (χ2v) is 5.58. The molecule has 0 spiro atoms. The Hall–Kier alpha value is -1.93. The van der Waals surface area contributed by atoms with Gasteiger partial charge in [-0.15, -0.1) is 0 Å². The summed E-state index contributed by atoms with van der Waals surface area (Å²) in [5.41, 5.74) is -2.04. The molecule has 21 heavy (non-hydrogen) atoms. The highest BCUT2D eigenvalue weighted by molar-refractivity contribution is 5.90. The summed E-state index contributed by atoms with van der Waals surface area (Å²) in [6.45, 7) is 3.32. The number of likely N-dealkylation sites (N-methyl/N-ethyl adjacent to an activating group) is 1. The quantitative estimate of drug-likeness (QED) is 0.707. The normalized spacial score (nSPS) is 34.8. The van der Waals surface area contributed by atoms with Crippen molar-refractivity contribution in [3.05, 3.63) is 32.6 Å². The summed E-state index contributed by atoms with van der Waals surface area (Å²) < 4.78 is 6.98. The molecule has 1 aromatic heterocycles. The van der Waals surface area contributed by atoms with E-state index in [1.807, 2.05) is 0 Å². The molecule has 2 saturated heterocycles. The maximum Gasteiger partial charge on any atom is 0.330 e. The summed E-state index contributed by atoms with van der Waals surface area (Å²) in [5.74, 6) is -0.284. The van der Waals surface area contributed by atoms with Crippen LogP contribution in [0.15, 0.2) is 15.8 Å². The highest BCUT2D eigenvalue weighted by atomic mass is 16.6. The van der Waals surface area contributed by atoms with Crippen molar-refractivity contribution in [1.29, 1.82) is 0 Å². The van der Waals surface area contributed by atoms with Crippen molar-refractivity contribution in [3.63, 3.8) is 0 Å². The number of carbonyl (C=O) groups is 1. The monoisotopic (exact) mass is 295 g/mol. The SMILES string of the molecule is CC[C@@]12O[C@@H](n3cc(C)c(=O)[nH]c3=O)[C@H](C1O)N(C)C2=O. The van der Waals surface area contributed by atoms with Crippen molar-refractivity contribution in [2.45, 2.75) is 44.2 Å². The average molecular weight is 295 g/mol. The average Bonchev–Trinajstić information content (AvgIpc) is 2.83. The number of morpholine rings is 1. The number of rotatable bonds is 2. The fourth-order valence-electron chi connectivity index (χ4n) is 3.24. The first-order chi connectivity index (χ1) is 9.83. The van der Waals surface area contributed by atoms with Gasteiger partial charge in [0.25, 0.3) is 11.5 Å². The molecule has 8 heteroatoms. The molecule has 4 atom stereocenters. The van der Waals surface area contributed by atoms with Crippen molar-refractivity contribution >= 4 is 5.91 Å². The molecule has 2 N–H and O–H groups in total. The lowest BCUT2D eigenvalue weighted by molar-refractivity contribution is -0.176. The molecule has 114 valence electrons. The molecule has 3 rings (SSSR count). The topological polar surface area (TPSA) is 105 Å². The van der Waals surface area contributed by atoms with E-state index in [9.17, 15) is 19.5 Å². The Morgan fingerprint density at radius 3 is 2.67 bits per heavy atom. The first-order valence-electron chi connectivity index (χ1n) is 6.78. The van der Waals surface area contributed by atoms with Crippen molar-refractivity contribution in [2.24, 2.45) is 0 Å². The summed E-state index contributed by atoms with van der Waals surface area (Å²) in [6.07, 6.45) is -0.127. The van der Waals surface area contributed by atoms with Crippen LogP contribution in [-0.4, -0.2) is 50.3 Å². The van der Waals surface area contributed by atoms with E-state index in [4.69, 9.17) is 4.74 Å². The molecule has 8 nitrogen and oxygen atoms in total. The molecule has 2 bridgehead atoms. The summed E-state index contributed by atoms with van der Waals surface area (Å²) in [6, 6.07) is -0.652. The van der Waals surface area contributed by atoms with Gasteiger partial charge in [0, 0.05) is 18.8 Å². The van der Waals surface area contributed by atoms with Crippen molar-refractivity contribution in [1.82, 2.24) is 14.5 Å². The summed E-state index contributed by atoms with van der Waals surface area (Å²) in [4.78, 5) is 39.3. The Morgan fingerprint density at radius 1 is 1.43 bits per heavy atom. The molecular formula is C13H17N3O5. The van der Waals surface area contributed by atoms with E-state index < -0.39 is 35.2 Å². The number of fused-ring (bicyclic) bond motifs is 2. The Kier molecular flexibility index (Phi) is 2.86. The van der Waals surface area contributed by atoms with Crippen LogP contribution in [0.2, 0.25) is 0 Å². The van der Waals surface area contributed by atoms with Gasteiger partial charge in [-0.2, -0.15) is 0 Å². The number of likely N-dealkylation sites (tertiary alicyclic amines) is 1. The van der Waals surface area contributed by atoms with Crippen molar-refractivity contribution in [2.75, 3.05) is 7.05 Å². The van der Waals surface area contributed by atoms with Crippen LogP contribution in [0.4, 0.5) is 0 Å². The lowest BCUT2D eigenvalue weighted by Crippen LogP contribution is -2.50. The third-order valence-electron chi connectivity index (χ3n) is 4.50. The Morgan fingerprint density at radius 2 is 2.10 bits per heavy atom. The van der Waals surface area contributed by atoms with Crippen LogP contribution in [0.3, 0.4) is 0 Å². The number of aliphatic hydroxyl groups is 1. The van der Waals surface area contributed by atoms with Gasteiger partial charge in [-0.25, -0.2) is 4.79 Å². The second-order valence-electron chi connectivity index (χ2n) is 5.58. The molecule has 2 fully saturated rings. The largest absolute Gasteiger partial charge is 0.387 e. The van der Waals surface area contributed by atoms with E-state index in [1.54, 1.807) is 20.9 Å². The van der Waals surface area contributed by atoms with Crippen LogP contribution in [0.1, 0.15) is 25.1 Å². The Balaban J connectivity index is 2.12. The Labute approximate surface area is 120 Å². The van der Waals surface area contributed by atoms with E-state index in [2.05, 4.69) is 4.98 Å². The number of aromatic amines is 1. The van der Waals surface area contributed by atoms with Gasteiger partial charge in [0.2, 0.25) is 0 Å². The van der Waals surface area contributed by atoms with Crippen LogP contribution in [-0.2, 0) is 9.53 Å². The van der Waals surface area contributed by atoms with E-state index in [0.29, 0.717) is 12.0 Å². The van der Waals surface area contributed by atoms with E-state index in [-0.39, 0.29) is 5.91 Å². The minimum Gasteiger partial charge on any atom is -0.387 e. The number of aryl methyl sites for hydroxylation is 1. The molecule has 1 unspecified atom stereocenters. The molecular weight excluding hydrogens is 278 g/mol. The number of amides is 1. The van der Waals surface area contributed by atoms with Crippen LogP contribution in [0.25, 0.3) is 0 Å². The number of carbonyl (C=O) groups excluding carboxylic acids is 1. The number of nitrogens with one attached hydrogen (secondary N) is 1. The molecule has 2 aliphatic rings. The van der Waals surface area contributed by atoms with Crippen molar-refractivity contribution in [3.8, 4) is 0 Å². The van der Waals surface area contributed by atoms with Gasteiger partial charge in [-0.3, -0.25) is 19.1 Å². The highest BCUT2D eigenvalue weighted by Crippen LogP contribution is 2.47. The molecule has 1 amide bonds. The number of aromatic nitrogens is 2. The third kappa shape index (κ3) is 1.60. The van der Waals surface area contributed by atoms with E-state index >= 15 is 0 Å². The molecule has 0 aromatic carbocycles. The molecule has 0 radical (unpaired) electrons. The van der Waals surface area contributed by atoms with Crippen LogP contribution in [0.5, 0.6) is 0 Å². The zero-order valence-electron chi connectivity index (χ0n) is 12.0. The van der Waals surface area contributed by atoms with Gasteiger partial charge >= 0.3 is 5.69 Å². The highest BCUT2D eigenvalue weighted by Gasteiger charge is 2.67. The van der Waals surface area contributed by atoms with Crippen LogP contribution in [0, 0.1) is 6.92 Å². The number of ether oxygens (including phenoxy) is 1. The first-order valence-corrected chi connectivity index (χ1v) is 6.78. The minimum atomic E-state index is -1.31. The zero-order valence-corrected chi connectivity index (χ0v) is 12.0. The molecule has 0 saturated carbocycles. The minimum absolute atomic E-state index is 0.284.